The van der Waals surface area contributed by atoms with Crippen molar-refractivity contribution >= 4 is 10.2 Å². The monoisotopic (exact) mass is 232 g/mol. The molecule has 0 atom stereocenters. The third-order valence-electron chi connectivity index (χ3n) is 2.75. The molecule has 0 aliphatic rings. The minimum atomic E-state index is -0.390. The third-order valence-corrected chi connectivity index (χ3v) is 3.16. The van der Waals surface area contributed by atoms with E-state index < -0.39 is 0 Å². The summed E-state index contributed by atoms with van der Waals surface area (Å²) in [6, 6.07) is 0. The van der Waals surface area contributed by atoms with E-state index in [1.54, 1.807) is 0 Å². The molecule has 0 saturated heterocycles. The molecule has 3 heteroatoms. The summed E-state index contributed by atoms with van der Waals surface area (Å²) in [6.45, 7) is 14.8. The van der Waals surface area contributed by atoms with Gasteiger partial charge in [-0.15, -0.1) is 0 Å². The van der Waals surface area contributed by atoms with E-state index in [0.29, 0.717) is 0 Å². The van der Waals surface area contributed by atoms with Gasteiger partial charge in [-0.05, 0) is 47.5 Å². The lowest BCUT2D eigenvalue weighted by atomic mass is 10.1. The standard InChI is InChI=1S/C12H28O2Si/c1-8-10(3,4)13-12(7,15)14-11(5,6)9-2/h8-9H2,1-7,15H3. The van der Waals surface area contributed by atoms with Gasteiger partial charge in [0.25, 0.3) is 0 Å². The molecule has 0 saturated carbocycles. The maximum atomic E-state index is 6.05. The SMILES string of the molecule is CCC(C)(C)OC(C)([SiH3])OC(C)(C)CC. The Morgan fingerprint density at radius 3 is 1.27 bits per heavy atom. The summed E-state index contributed by atoms with van der Waals surface area (Å²) in [6.07, 6.45) is 2.00. The highest BCUT2D eigenvalue weighted by Crippen LogP contribution is 2.27. The molecular formula is C12H28O2Si. The first-order valence-corrected chi connectivity index (χ1v) is 6.94. The van der Waals surface area contributed by atoms with Gasteiger partial charge in [0.2, 0.25) is 0 Å². The van der Waals surface area contributed by atoms with Crippen LogP contribution in [0.25, 0.3) is 0 Å². The summed E-state index contributed by atoms with van der Waals surface area (Å²) in [4.78, 5) is 0. The van der Waals surface area contributed by atoms with Gasteiger partial charge in [0.05, 0.1) is 21.4 Å². The Bertz CT molecular complexity index is 178. The second-order valence-corrected chi connectivity index (χ2v) is 7.65. The van der Waals surface area contributed by atoms with Gasteiger partial charge in [0, 0.05) is 0 Å². The molecule has 0 aliphatic heterocycles. The zero-order valence-corrected chi connectivity index (χ0v) is 13.7. The van der Waals surface area contributed by atoms with Gasteiger partial charge in [-0.25, -0.2) is 0 Å². The summed E-state index contributed by atoms with van der Waals surface area (Å²) in [5, 5.41) is 0. The summed E-state index contributed by atoms with van der Waals surface area (Å²) in [5.41, 5.74) is -0.584. The largest absolute Gasteiger partial charge is 0.349 e. The van der Waals surface area contributed by atoms with E-state index in [-0.39, 0.29) is 16.6 Å². The molecule has 0 unspecified atom stereocenters. The molecule has 0 N–H and O–H groups in total. The molecule has 0 amide bonds. The van der Waals surface area contributed by atoms with Gasteiger partial charge in [-0.1, -0.05) is 13.8 Å². The molecule has 0 aromatic heterocycles. The second-order valence-electron chi connectivity index (χ2n) is 5.83. The Balaban J connectivity index is 4.43. The first kappa shape index (κ1) is 15.1. The average molecular weight is 232 g/mol. The Hall–Kier alpha value is 0.137. The average Bonchev–Trinajstić information content (AvgIpc) is 2.00. The van der Waals surface area contributed by atoms with Crippen LogP contribution in [0.5, 0.6) is 0 Å². The van der Waals surface area contributed by atoms with E-state index in [9.17, 15) is 0 Å². The van der Waals surface area contributed by atoms with Crippen LogP contribution in [0.4, 0.5) is 0 Å². The second kappa shape index (κ2) is 4.98. The van der Waals surface area contributed by atoms with Crippen molar-refractivity contribution in [3.8, 4) is 0 Å². The first-order valence-electron chi connectivity index (χ1n) is 5.94. The molecule has 0 fully saturated rings. The van der Waals surface area contributed by atoms with Crippen LogP contribution >= 0.6 is 0 Å². The smallest absolute Gasteiger partial charge is 0.140 e. The van der Waals surface area contributed by atoms with Crippen LogP contribution in [0, 0.1) is 0 Å². The van der Waals surface area contributed by atoms with Crippen LogP contribution in [-0.2, 0) is 9.47 Å². The molecule has 0 radical (unpaired) electrons. The van der Waals surface area contributed by atoms with Crippen molar-refractivity contribution in [2.24, 2.45) is 0 Å². The quantitative estimate of drug-likeness (QED) is 0.517. The Morgan fingerprint density at radius 1 is 0.800 bits per heavy atom. The highest BCUT2D eigenvalue weighted by atomic mass is 28.1. The third kappa shape index (κ3) is 6.33. The molecule has 0 heterocycles. The Labute approximate surface area is 98.2 Å². The minimum Gasteiger partial charge on any atom is -0.349 e. The lowest BCUT2D eigenvalue weighted by molar-refractivity contribution is -0.262. The van der Waals surface area contributed by atoms with Crippen LogP contribution in [0.2, 0.25) is 0 Å². The van der Waals surface area contributed by atoms with Gasteiger partial charge in [-0.2, -0.15) is 0 Å². The molecule has 2 nitrogen and oxygen atoms in total. The van der Waals surface area contributed by atoms with Crippen molar-refractivity contribution < 1.29 is 9.47 Å². The maximum absolute atomic E-state index is 6.05. The van der Waals surface area contributed by atoms with Crippen LogP contribution in [0.15, 0.2) is 0 Å². The van der Waals surface area contributed by atoms with E-state index >= 15 is 0 Å². The summed E-state index contributed by atoms with van der Waals surface area (Å²) in [7, 11) is 0.875. The van der Waals surface area contributed by atoms with Gasteiger partial charge in [-0.3, -0.25) is 0 Å². The van der Waals surface area contributed by atoms with Crippen molar-refractivity contribution in [2.75, 3.05) is 0 Å². The van der Waals surface area contributed by atoms with E-state index in [1.807, 2.05) is 6.92 Å². The zero-order chi connectivity index (χ0) is 12.3. The van der Waals surface area contributed by atoms with Crippen molar-refractivity contribution in [1.82, 2.24) is 0 Å². The van der Waals surface area contributed by atoms with Crippen molar-refractivity contribution in [3.05, 3.63) is 0 Å². The van der Waals surface area contributed by atoms with Crippen LogP contribution in [0.1, 0.15) is 61.3 Å². The summed E-state index contributed by atoms with van der Waals surface area (Å²) in [5.74, 6) is 0. The molecule has 92 valence electrons. The van der Waals surface area contributed by atoms with E-state index in [1.165, 1.54) is 0 Å². The van der Waals surface area contributed by atoms with Gasteiger partial charge >= 0.3 is 0 Å². The number of rotatable bonds is 6. The highest BCUT2D eigenvalue weighted by Gasteiger charge is 2.33. The Kier molecular flexibility index (Phi) is 5.02. The topological polar surface area (TPSA) is 18.5 Å². The predicted octanol–water partition coefficient (Wildman–Crippen LogP) is 2.44. The summed E-state index contributed by atoms with van der Waals surface area (Å²) >= 11 is 0. The van der Waals surface area contributed by atoms with Crippen LogP contribution in [0.3, 0.4) is 0 Å². The molecule has 0 aliphatic carbocycles. The Morgan fingerprint density at radius 2 is 1.07 bits per heavy atom. The molecular weight excluding hydrogens is 204 g/mol. The van der Waals surface area contributed by atoms with Crippen molar-refractivity contribution in [3.63, 3.8) is 0 Å². The van der Waals surface area contributed by atoms with Crippen molar-refractivity contribution in [2.45, 2.75) is 77.9 Å². The normalized spacial score (nSPS) is 14.6. The zero-order valence-electron chi connectivity index (χ0n) is 11.7. The van der Waals surface area contributed by atoms with Crippen molar-refractivity contribution in [1.29, 1.82) is 0 Å². The van der Waals surface area contributed by atoms with E-state index in [0.717, 1.165) is 23.1 Å². The predicted molar refractivity (Wildman–Crippen MR) is 69.3 cm³/mol. The number of ether oxygens (including phenoxy) is 2. The highest BCUT2D eigenvalue weighted by molar-refractivity contribution is 6.13. The van der Waals surface area contributed by atoms with Gasteiger partial charge in [0.1, 0.15) is 5.41 Å². The molecule has 0 bridgehead atoms. The lowest BCUT2D eigenvalue weighted by Gasteiger charge is -2.40. The molecule has 15 heavy (non-hydrogen) atoms. The number of hydrogen-bond acceptors (Lipinski definition) is 2. The first-order chi connectivity index (χ1) is 6.54. The molecule has 0 rings (SSSR count). The van der Waals surface area contributed by atoms with E-state index in [4.69, 9.17) is 9.47 Å². The number of hydrogen-bond donors (Lipinski definition) is 0. The van der Waals surface area contributed by atoms with Gasteiger partial charge < -0.3 is 9.47 Å². The fraction of sp³-hybridized carbons (Fsp3) is 1.00. The molecule has 0 aromatic carbocycles. The minimum absolute atomic E-state index is 0.0969. The maximum Gasteiger partial charge on any atom is 0.140 e. The fourth-order valence-corrected chi connectivity index (χ4v) is 2.60. The van der Waals surface area contributed by atoms with E-state index in [2.05, 4.69) is 41.5 Å². The molecule has 0 aromatic rings. The summed E-state index contributed by atoms with van der Waals surface area (Å²) < 4.78 is 12.1. The van der Waals surface area contributed by atoms with Gasteiger partial charge in [0.15, 0.2) is 0 Å². The van der Waals surface area contributed by atoms with Crippen LogP contribution < -0.4 is 0 Å². The fourth-order valence-electron chi connectivity index (χ4n) is 1.50. The lowest BCUT2D eigenvalue weighted by Crippen LogP contribution is -2.46. The van der Waals surface area contributed by atoms with Crippen LogP contribution in [-0.4, -0.2) is 26.9 Å². The molecule has 0 spiro atoms.